The second-order valence-electron chi connectivity index (χ2n) is 4.94. The molecule has 1 nitrogen and oxygen atoms in total. The second kappa shape index (κ2) is 4.80. The Morgan fingerprint density at radius 1 is 0.619 bits per heavy atom. The minimum atomic E-state index is 0.708. The van der Waals surface area contributed by atoms with Crippen molar-refractivity contribution < 1.29 is 0 Å². The van der Waals surface area contributed by atoms with Gasteiger partial charge in [0, 0.05) is 10.8 Å². The van der Waals surface area contributed by atoms with Crippen molar-refractivity contribution in [2.24, 2.45) is 0 Å². The summed E-state index contributed by atoms with van der Waals surface area (Å²) >= 11 is 12.9. The summed E-state index contributed by atoms with van der Waals surface area (Å²) in [7, 11) is 0. The number of nitrogens with zero attached hydrogens (tertiary/aromatic N) is 1. The Labute approximate surface area is 132 Å². The molecule has 1 aromatic heterocycles. The minimum absolute atomic E-state index is 0.708. The highest BCUT2D eigenvalue weighted by Gasteiger charge is 2.15. The molecular weight excluding hydrogens is 301 g/mol. The van der Waals surface area contributed by atoms with E-state index >= 15 is 0 Å². The molecule has 0 aliphatic rings. The van der Waals surface area contributed by atoms with Gasteiger partial charge in [0.25, 0.3) is 0 Å². The smallest absolute Gasteiger partial charge is 0.0727 e. The molecule has 3 aromatic carbocycles. The molecule has 0 aliphatic carbocycles. The number of aromatic nitrogens is 1. The molecule has 0 saturated carbocycles. The van der Waals surface area contributed by atoms with Gasteiger partial charge in [-0.15, -0.1) is 0 Å². The van der Waals surface area contributed by atoms with Gasteiger partial charge in [0.05, 0.1) is 26.8 Å². The van der Waals surface area contributed by atoms with Crippen molar-refractivity contribution in [3.63, 3.8) is 0 Å². The average Bonchev–Trinajstić information content (AvgIpc) is 2.84. The third-order valence-electron chi connectivity index (χ3n) is 3.74. The summed E-state index contributed by atoms with van der Waals surface area (Å²) in [6, 6.07) is 22.1. The summed E-state index contributed by atoms with van der Waals surface area (Å²) in [6.45, 7) is 0. The van der Waals surface area contributed by atoms with E-state index in [9.17, 15) is 0 Å². The van der Waals surface area contributed by atoms with Crippen LogP contribution in [0.25, 0.3) is 27.5 Å². The molecular formula is C18H11Cl2N. The number of hydrogen-bond donors (Lipinski definition) is 0. The summed E-state index contributed by atoms with van der Waals surface area (Å²) in [6.07, 6.45) is 0. The Balaban J connectivity index is 2.28. The maximum absolute atomic E-state index is 6.47. The summed E-state index contributed by atoms with van der Waals surface area (Å²) < 4.78 is 2.13. The molecule has 0 radical (unpaired) electrons. The molecule has 0 unspecified atom stereocenters. The van der Waals surface area contributed by atoms with Crippen LogP contribution in [-0.2, 0) is 0 Å². The molecule has 3 heteroatoms. The van der Waals surface area contributed by atoms with E-state index in [-0.39, 0.29) is 0 Å². The van der Waals surface area contributed by atoms with Gasteiger partial charge in [-0.25, -0.2) is 0 Å². The maximum Gasteiger partial charge on any atom is 0.0727 e. The van der Waals surface area contributed by atoms with Crippen molar-refractivity contribution in [1.29, 1.82) is 0 Å². The molecule has 0 fully saturated rings. The summed E-state index contributed by atoms with van der Waals surface area (Å²) in [5.74, 6) is 0. The maximum atomic E-state index is 6.47. The topological polar surface area (TPSA) is 4.93 Å². The minimum Gasteiger partial charge on any atom is -0.306 e. The van der Waals surface area contributed by atoms with Crippen molar-refractivity contribution in [1.82, 2.24) is 4.57 Å². The van der Waals surface area contributed by atoms with Gasteiger partial charge in [0.1, 0.15) is 0 Å². The van der Waals surface area contributed by atoms with Gasteiger partial charge in [0.15, 0.2) is 0 Å². The van der Waals surface area contributed by atoms with E-state index in [0.29, 0.717) is 5.02 Å². The fourth-order valence-corrected chi connectivity index (χ4v) is 3.34. The van der Waals surface area contributed by atoms with Gasteiger partial charge < -0.3 is 4.57 Å². The van der Waals surface area contributed by atoms with Gasteiger partial charge in [-0.05, 0) is 24.3 Å². The lowest BCUT2D eigenvalue weighted by atomic mass is 10.2. The van der Waals surface area contributed by atoms with Gasteiger partial charge in [-0.2, -0.15) is 0 Å². The largest absolute Gasteiger partial charge is 0.306 e. The Morgan fingerprint density at radius 3 is 2.14 bits per heavy atom. The molecule has 4 aromatic rings. The van der Waals surface area contributed by atoms with Crippen molar-refractivity contribution >= 4 is 45.0 Å². The van der Waals surface area contributed by atoms with E-state index in [1.54, 1.807) is 0 Å². The monoisotopic (exact) mass is 311 g/mol. The van der Waals surface area contributed by atoms with E-state index < -0.39 is 0 Å². The van der Waals surface area contributed by atoms with Crippen LogP contribution in [0.5, 0.6) is 0 Å². The third-order valence-corrected chi connectivity index (χ3v) is 4.36. The first-order valence-corrected chi connectivity index (χ1v) is 7.45. The van der Waals surface area contributed by atoms with Crippen LogP contribution < -0.4 is 0 Å². The van der Waals surface area contributed by atoms with E-state index in [0.717, 1.165) is 27.1 Å². The molecule has 0 aliphatic heterocycles. The van der Waals surface area contributed by atoms with Crippen LogP contribution in [0.2, 0.25) is 10.0 Å². The van der Waals surface area contributed by atoms with Crippen molar-refractivity contribution in [2.45, 2.75) is 0 Å². The summed E-state index contributed by atoms with van der Waals surface area (Å²) in [5.41, 5.74) is 3.04. The quantitative estimate of drug-likeness (QED) is 0.401. The SMILES string of the molecule is Clc1ccccc1-n1c2ccccc2c2cccc(Cl)c21. The van der Waals surface area contributed by atoms with E-state index in [2.05, 4.69) is 22.8 Å². The average molecular weight is 312 g/mol. The standard InChI is InChI=1S/C18H11Cl2N/c19-14-8-2-4-11-17(14)21-16-10-3-1-6-12(16)13-7-5-9-15(20)18(13)21/h1-11H. The molecule has 0 saturated heterocycles. The highest BCUT2D eigenvalue weighted by molar-refractivity contribution is 6.37. The van der Waals surface area contributed by atoms with Crippen LogP contribution in [0.1, 0.15) is 0 Å². The number of fused-ring (bicyclic) bond motifs is 3. The molecule has 21 heavy (non-hydrogen) atoms. The summed E-state index contributed by atoms with van der Waals surface area (Å²) in [5, 5.41) is 3.75. The molecule has 0 atom stereocenters. The predicted octanol–water partition coefficient (Wildman–Crippen LogP) is 6.09. The molecule has 0 spiro atoms. The van der Waals surface area contributed by atoms with E-state index in [1.165, 1.54) is 5.39 Å². The van der Waals surface area contributed by atoms with E-state index in [1.807, 2.05) is 48.5 Å². The van der Waals surface area contributed by atoms with Gasteiger partial charge in [0.2, 0.25) is 0 Å². The number of rotatable bonds is 1. The lowest BCUT2D eigenvalue weighted by Gasteiger charge is -2.10. The second-order valence-corrected chi connectivity index (χ2v) is 5.75. The molecule has 0 bridgehead atoms. The Kier molecular flexibility index (Phi) is 2.91. The van der Waals surface area contributed by atoms with Crippen molar-refractivity contribution in [3.05, 3.63) is 76.8 Å². The molecule has 0 amide bonds. The van der Waals surface area contributed by atoms with Crippen molar-refractivity contribution in [2.75, 3.05) is 0 Å². The van der Waals surface area contributed by atoms with Gasteiger partial charge >= 0.3 is 0 Å². The zero-order valence-electron chi connectivity index (χ0n) is 11.1. The van der Waals surface area contributed by atoms with Crippen LogP contribution >= 0.6 is 23.2 Å². The highest BCUT2D eigenvalue weighted by atomic mass is 35.5. The summed E-state index contributed by atoms with van der Waals surface area (Å²) in [4.78, 5) is 0. The third kappa shape index (κ3) is 1.85. The lowest BCUT2D eigenvalue weighted by molar-refractivity contribution is 1.18. The van der Waals surface area contributed by atoms with E-state index in [4.69, 9.17) is 23.2 Å². The van der Waals surface area contributed by atoms with Gasteiger partial charge in [-0.1, -0.05) is 65.7 Å². The molecule has 0 N–H and O–H groups in total. The number of hydrogen-bond acceptors (Lipinski definition) is 0. The Morgan fingerprint density at radius 2 is 1.29 bits per heavy atom. The number of para-hydroxylation sites is 3. The molecule has 102 valence electrons. The zero-order valence-corrected chi connectivity index (χ0v) is 12.6. The fourth-order valence-electron chi connectivity index (χ4n) is 2.86. The Bertz CT molecular complexity index is 969. The van der Waals surface area contributed by atoms with Crippen LogP contribution in [0.15, 0.2) is 66.7 Å². The van der Waals surface area contributed by atoms with Crippen LogP contribution in [-0.4, -0.2) is 4.57 Å². The number of benzene rings is 3. The highest BCUT2D eigenvalue weighted by Crippen LogP contribution is 2.37. The first-order chi connectivity index (χ1) is 10.3. The normalized spacial score (nSPS) is 11.3. The fraction of sp³-hybridized carbons (Fsp3) is 0. The first-order valence-electron chi connectivity index (χ1n) is 6.70. The molecule has 1 heterocycles. The molecule has 4 rings (SSSR count). The van der Waals surface area contributed by atoms with Gasteiger partial charge in [-0.3, -0.25) is 0 Å². The van der Waals surface area contributed by atoms with Crippen molar-refractivity contribution in [3.8, 4) is 5.69 Å². The van der Waals surface area contributed by atoms with Crippen LogP contribution in [0.4, 0.5) is 0 Å². The van der Waals surface area contributed by atoms with Crippen LogP contribution in [0, 0.1) is 0 Å². The number of halogens is 2. The Hall–Kier alpha value is -1.96. The first kappa shape index (κ1) is 12.8. The van der Waals surface area contributed by atoms with Crippen LogP contribution in [0.3, 0.4) is 0 Å². The predicted molar refractivity (Wildman–Crippen MR) is 90.8 cm³/mol. The zero-order chi connectivity index (χ0) is 14.4. The lowest BCUT2D eigenvalue weighted by Crippen LogP contribution is -1.94.